The zero-order valence-corrected chi connectivity index (χ0v) is 28.1. The summed E-state index contributed by atoms with van der Waals surface area (Å²) in [6, 6.07) is 19.1. The Bertz CT molecular complexity index is 2070. The quantitative estimate of drug-likeness (QED) is 0.198. The first kappa shape index (κ1) is 32.6. The topological polar surface area (TPSA) is 118 Å². The van der Waals surface area contributed by atoms with Gasteiger partial charge in [-0.1, -0.05) is 47.7 Å². The zero-order valence-electron chi connectivity index (χ0n) is 26.4. The number of thioether (sulfide) groups is 1. The fourth-order valence-corrected chi connectivity index (χ4v) is 11.4. The predicted molar refractivity (Wildman–Crippen MR) is 181 cm³/mol. The molecule has 14 heteroatoms. The summed E-state index contributed by atoms with van der Waals surface area (Å²) in [6.07, 6.45) is -4.17. The summed E-state index contributed by atoms with van der Waals surface area (Å²) >= 11 is 2.58. The lowest BCUT2D eigenvalue weighted by molar-refractivity contribution is -0.137. The van der Waals surface area contributed by atoms with Crippen molar-refractivity contribution in [2.45, 2.75) is 35.7 Å². The SMILES string of the molecule is CCOc1cc([C@H]2c3sc(=O)[nH]c3SC3C4CC(C5C(=O)N(c6ccccc6C(F)(F)F)C(=O)C45)C32)ccc1OCC(=O)Nc1ccccc1. The first-order valence-electron chi connectivity index (χ1n) is 16.2. The summed E-state index contributed by atoms with van der Waals surface area (Å²) in [4.78, 5) is 57.6. The molecule has 0 spiro atoms. The van der Waals surface area contributed by atoms with Gasteiger partial charge in [0.2, 0.25) is 11.8 Å². The number of para-hydroxylation sites is 2. The Labute approximate surface area is 292 Å². The number of fused-ring (bicyclic) bond motifs is 9. The van der Waals surface area contributed by atoms with Crippen LogP contribution >= 0.6 is 23.1 Å². The van der Waals surface area contributed by atoms with E-state index < -0.39 is 41.1 Å². The molecule has 2 aliphatic carbocycles. The molecule has 4 aliphatic rings. The van der Waals surface area contributed by atoms with Gasteiger partial charge in [-0.05, 0) is 73.1 Å². The molecule has 4 aromatic rings. The molecule has 3 heterocycles. The number of nitrogens with one attached hydrogen (secondary N) is 2. The van der Waals surface area contributed by atoms with Crippen molar-refractivity contribution in [1.29, 1.82) is 0 Å². The van der Waals surface area contributed by atoms with E-state index in [-0.39, 0.29) is 46.3 Å². The molecular weight excluding hydrogens is 692 g/mol. The second kappa shape index (κ2) is 12.3. The van der Waals surface area contributed by atoms with E-state index in [1.165, 1.54) is 30.0 Å². The van der Waals surface area contributed by atoms with Gasteiger partial charge < -0.3 is 19.8 Å². The zero-order chi connectivity index (χ0) is 34.9. The number of hydrogen-bond acceptors (Lipinski definition) is 8. The van der Waals surface area contributed by atoms with Crippen LogP contribution in [0.4, 0.5) is 24.5 Å². The van der Waals surface area contributed by atoms with Crippen molar-refractivity contribution < 1.29 is 37.0 Å². The number of ether oxygens (including phenoxy) is 2. The number of aromatic amines is 1. The van der Waals surface area contributed by atoms with Crippen LogP contribution in [0.2, 0.25) is 0 Å². The molecule has 2 N–H and O–H groups in total. The monoisotopic (exact) mass is 721 g/mol. The van der Waals surface area contributed by atoms with Gasteiger partial charge in [0, 0.05) is 21.7 Å². The molecule has 3 aromatic carbocycles. The summed E-state index contributed by atoms with van der Waals surface area (Å²) in [5.74, 6) is -3.42. The van der Waals surface area contributed by atoms with E-state index in [2.05, 4.69) is 10.3 Å². The summed E-state index contributed by atoms with van der Waals surface area (Å²) in [6.45, 7) is 1.87. The van der Waals surface area contributed by atoms with Gasteiger partial charge >= 0.3 is 11.0 Å². The molecule has 2 bridgehead atoms. The highest BCUT2D eigenvalue weighted by Gasteiger charge is 2.70. The third kappa shape index (κ3) is 5.31. The van der Waals surface area contributed by atoms with E-state index in [9.17, 15) is 32.3 Å². The van der Waals surface area contributed by atoms with Crippen LogP contribution in [0.3, 0.4) is 0 Å². The number of amides is 3. The van der Waals surface area contributed by atoms with Crippen LogP contribution in [0.15, 0.2) is 82.6 Å². The number of rotatable bonds is 8. The van der Waals surface area contributed by atoms with E-state index in [0.717, 1.165) is 32.7 Å². The number of H-pyrrole nitrogens is 1. The van der Waals surface area contributed by atoms with Crippen molar-refractivity contribution in [3.05, 3.63) is 98.5 Å². The molecule has 50 heavy (non-hydrogen) atoms. The highest BCUT2D eigenvalue weighted by molar-refractivity contribution is 8.00. The molecule has 9 nitrogen and oxygen atoms in total. The number of imide groups is 1. The molecule has 6 unspecified atom stereocenters. The first-order valence-corrected chi connectivity index (χ1v) is 17.9. The third-order valence-corrected chi connectivity index (χ3v) is 12.8. The molecule has 3 amide bonds. The minimum Gasteiger partial charge on any atom is -0.490 e. The Hall–Kier alpha value is -4.56. The van der Waals surface area contributed by atoms with Gasteiger partial charge in [-0.3, -0.25) is 19.2 Å². The predicted octanol–water partition coefficient (Wildman–Crippen LogP) is 6.55. The Morgan fingerprint density at radius 1 is 0.940 bits per heavy atom. The van der Waals surface area contributed by atoms with Gasteiger partial charge in [0.05, 0.1) is 34.7 Å². The highest BCUT2D eigenvalue weighted by Crippen LogP contribution is 2.69. The van der Waals surface area contributed by atoms with Gasteiger partial charge in [0.15, 0.2) is 18.1 Å². The number of halogens is 3. The number of carbonyl (C=O) groups is 3. The molecule has 258 valence electrons. The molecule has 0 radical (unpaired) electrons. The fourth-order valence-electron chi connectivity index (χ4n) is 8.50. The van der Waals surface area contributed by atoms with Crippen molar-refractivity contribution in [2.24, 2.45) is 29.6 Å². The van der Waals surface area contributed by atoms with Crippen LogP contribution in [0.25, 0.3) is 0 Å². The number of benzene rings is 3. The van der Waals surface area contributed by atoms with E-state index in [1.54, 1.807) is 18.2 Å². The van der Waals surface area contributed by atoms with E-state index in [1.807, 2.05) is 37.3 Å². The lowest BCUT2D eigenvalue weighted by atomic mass is 9.68. The van der Waals surface area contributed by atoms with Gasteiger partial charge in [0.25, 0.3) is 5.91 Å². The maximum absolute atomic E-state index is 14.1. The van der Waals surface area contributed by atoms with Crippen LogP contribution in [0.5, 0.6) is 11.5 Å². The molecule has 8 rings (SSSR count). The fraction of sp³-hybridized carbons (Fsp3) is 0.333. The minimum atomic E-state index is -4.75. The number of aromatic nitrogens is 1. The lowest BCUT2D eigenvalue weighted by Gasteiger charge is -2.43. The van der Waals surface area contributed by atoms with Crippen LogP contribution < -0.4 is 24.6 Å². The average Bonchev–Trinajstić information content (AvgIpc) is 3.83. The minimum absolute atomic E-state index is 0.160. The highest BCUT2D eigenvalue weighted by atomic mass is 32.2. The Kier molecular flexibility index (Phi) is 8.05. The Morgan fingerprint density at radius 3 is 2.40 bits per heavy atom. The van der Waals surface area contributed by atoms with Gasteiger partial charge in [0.1, 0.15) is 0 Å². The van der Waals surface area contributed by atoms with Crippen molar-refractivity contribution in [3.63, 3.8) is 0 Å². The van der Waals surface area contributed by atoms with Gasteiger partial charge in [-0.2, -0.15) is 13.2 Å². The number of nitrogens with zero attached hydrogens (tertiary/aromatic N) is 1. The number of carbonyl (C=O) groups excluding carboxylic acids is 3. The Morgan fingerprint density at radius 2 is 1.66 bits per heavy atom. The van der Waals surface area contributed by atoms with Crippen LogP contribution in [0.1, 0.15) is 35.3 Å². The van der Waals surface area contributed by atoms with Crippen LogP contribution in [-0.4, -0.2) is 41.2 Å². The number of alkyl halides is 3. The second-order valence-corrected chi connectivity index (χ2v) is 15.0. The largest absolute Gasteiger partial charge is 0.490 e. The molecule has 2 aliphatic heterocycles. The maximum atomic E-state index is 14.1. The summed E-state index contributed by atoms with van der Waals surface area (Å²) in [5, 5.41) is 3.32. The summed E-state index contributed by atoms with van der Waals surface area (Å²) in [7, 11) is 0. The normalized spacial score (nSPS) is 26.4. The Balaban J connectivity index is 1.12. The molecule has 1 aromatic heterocycles. The molecule has 3 fully saturated rings. The average molecular weight is 722 g/mol. The summed E-state index contributed by atoms with van der Waals surface area (Å²) in [5.41, 5.74) is -0.0206. The standard InChI is InChI=1S/C36H30F3N3O6S2/c1-2-47-24-14-17(12-13-23(24)48-16-25(43)40-18-8-4-3-5-9-18)26-27-19-15-20(30(27)49-32-31(26)50-35(46)41-32)29-28(19)33(44)42(34(29)45)22-11-7-6-10-21(22)36(37,38)39/h3-14,19-20,26-30H,2,15-16H2,1H3,(H,40,43)(H,41,46)/t19?,20?,26-,27?,28?,29?,30?/m1/s1. The van der Waals surface area contributed by atoms with E-state index in [0.29, 0.717) is 35.2 Å². The second-order valence-electron chi connectivity index (χ2n) is 12.8. The lowest BCUT2D eigenvalue weighted by Crippen LogP contribution is -2.42. The smallest absolute Gasteiger partial charge is 0.418 e. The number of anilines is 2. The first-order chi connectivity index (χ1) is 24.0. The van der Waals surface area contributed by atoms with Crippen molar-refractivity contribution in [1.82, 2.24) is 4.98 Å². The summed E-state index contributed by atoms with van der Waals surface area (Å²) < 4.78 is 53.9. The maximum Gasteiger partial charge on any atom is 0.418 e. The van der Waals surface area contributed by atoms with Crippen LogP contribution in [-0.2, 0) is 20.6 Å². The molecule has 2 saturated carbocycles. The van der Waals surface area contributed by atoms with Gasteiger partial charge in [-0.15, -0.1) is 11.8 Å². The molecule has 1 saturated heterocycles. The van der Waals surface area contributed by atoms with E-state index in [4.69, 9.17) is 9.47 Å². The van der Waals surface area contributed by atoms with E-state index >= 15 is 0 Å². The van der Waals surface area contributed by atoms with Crippen LogP contribution in [0, 0.1) is 29.6 Å². The van der Waals surface area contributed by atoms with Gasteiger partial charge in [-0.25, -0.2) is 4.90 Å². The number of hydrogen-bond donors (Lipinski definition) is 2. The molecular formula is C36H30F3N3O6S2. The molecule has 7 atom stereocenters. The van der Waals surface area contributed by atoms with Crippen molar-refractivity contribution in [3.8, 4) is 11.5 Å². The number of thiazole rings is 1. The third-order valence-electron chi connectivity index (χ3n) is 10.2. The van der Waals surface area contributed by atoms with Crippen molar-refractivity contribution in [2.75, 3.05) is 23.4 Å². The van der Waals surface area contributed by atoms with Crippen molar-refractivity contribution >= 4 is 52.2 Å².